The molecule has 1 atom stereocenters. The fourth-order valence-corrected chi connectivity index (χ4v) is 3.72. The van der Waals surface area contributed by atoms with Gasteiger partial charge in [0.05, 0.1) is 6.10 Å². The summed E-state index contributed by atoms with van der Waals surface area (Å²) >= 11 is 1.39. The first-order valence-corrected chi connectivity index (χ1v) is 9.68. The lowest BCUT2D eigenvalue weighted by Gasteiger charge is -2.13. The number of aliphatic hydroxyl groups is 1. The summed E-state index contributed by atoms with van der Waals surface area (Å²) in [5.41, 5.74) is 2.44. The van der Waals surface area contributed by atoms with Crippen LogP contribution in [0, 0.1) is 5.82 Å². The summed E-state index contributed by atoms with van der Waals surface area (Å²) in [6, 6.07) is 19.3. The van der Waals surface area contributed by atoms with E-state index >= 15 is 0 Å². The number of thioether (sulfide) groups is 1. The van der Waals surface area contributed by atoms with E-state index in [9.17, 15) is 9.50 Å². The summed E-state index contributed by atoms with van der Waals surface area (Å²) in [7, 11) is 0. The van der Waals surface area contributed by atoms with E-state index in [0.717, 1.165) is 16.8 Å². The minimum Gasteiger partial charge on any atom is -0.388 e. The van der Waals surface area contributed by atoms with Crippen LogP contribution in [-0.2, 0) is 0 Å². The first-order valence-electron chi connectivity index (χ1n) is 8.70. The molecule has 0 amide bonds. The Bertz CT molecular complexity index is 1040. The summed E-state index contributed by atoms with van der Waals surface area (Å²) in [5.74, 6) is 0.737. The number of nitrogens with zero attached hydrogens (tertiary/aromatic N) is 4. The lowest BCUT2D eigenvalue weighted by molar-refractivity contribution is 0.204. The molecule has 0 fully saturated rings. The van der Waals surface area contributed by atoms with Crippen LogP contribution in [-0.4, -0.2) is 30.6 Å². The van der Waals surface area contributed by atoms with Crippen LogP contribution in [0.25, 0.3) is 17.1 Å². The molecule has 0 saturated carbocycles. The maximum absolute atomic E-state index is 13.4. The van der Waals surface area contributed by atoms with Crippen LogP contribution in [0.4, 0.5) is 4.39 Å². The largest absolute Gasteiger partial charge is 0.388 e. The third-order valence-corrected chi connectivity index (χ3v) is 5.22. The van der Waals surface area contributed by atoms with Crippen molar-refractivity contribution >= 4 is 11.8 Å². The molecule has 0 unspecified atom stereocenters. The first-order chi connectivity index (χ1) is 13.7. The van der Waals surface area contributed by atoms with Crippen molar-refractivity contribution < 1.29 is 9.50 Å². The molecule has 7 heteroatoms. The molecule has 5 nitrogen and oxygen atoms in total. The van der Waals surface area contributed by atoms with Crippen LogP contribution in [0.5, 0.6) is 0 Å². The summed E-state index contributed by atoms with van der Waals surface area (Å²) < 4.78 is 15.3. The standard InChI is InChI=1S/C21H17FN4OS/c22-17-6-8-18(9-7-17)26-20(16-10-12-23-13-11-16)24-25-21(26)28-14-19(27)15-4-2-1-3-5-15/h1-13,19,27H,14H2/t19-/m1/s1. The molecule has 0 spiro atoms. The Morgan fingerprint density at radius 2 is 1.64 bits per heavy atom. The number of rotatable bonds is 6. The zero-order valence-electron chi connectivity index (χ0n) is 14.8. The van der Waals surface area contributed by atoms with E-state index in [0.29, 0.717) is 16.7 Å². The Hall–Kier alpha value is -3.03. The number of aliphatic hydroxyl groups excluding tert-OH is 1. The molecular formula is C21H17FN4OS. The molecule has 1 N–H and O–H groups in total. The van der Waals surface area contributed by atoms with E-state index in [1.807, 2.05) is 47.0 Å². The van der Waals surface area contributed by atoms with E-state index in [1.54, 1.807) is 24.5 Å². The monoisotopic (exact) mass is 392 g/mol. The highest BCUT2D eigenvalue weighted by Crippen LogP contribution is 2.30. The third-order valence-electron chi connectivity index (χ3n) is 4.21. The molecule has 0 bridgehead atoms. The maximum atomic E-state index is 13.4. The highest BCUT2D eigenvalue weighted by molar-refractivity contribution is 7.99. The van der Waals surface area contributed by atoms with E-state index in [1.165, 1.54) is 23.9 Å². The van der Waals surface area contributed by atoms with Crippen LogP contribution in [0.2, 0.25) is 0 Å². The average molecular weight is 392 g/mol. The van der Waals surface area contributed by atoms with Gasteiger partial charge in [0.25, 0.3) is 0 Å². The summed E-state index contributed by atoms with van der Waals surface area (Å²) in [6.07, 6.45) is 2.74. The highest BCUT2D eigenvalue weighted by atomic mass is 32.2. The SMILES string of the molecule is O[C@H](CSc1nnc(-c2ccncc2)n1-c1ccc(F)cc1)c1ccccc1. The van der Waals surface area contributed by atoms with Crippen LogP contribution >= 0.6 is 11.8 Å². The van der Waals surface area contributed by atoms with Gasteiger partial charge in [-0.15, -0.1) is 10.2 Å². The number of hydrogen-bond donors (Lipinski definition) is 1. The normalized spacial score (nSPS) is 12.1. The molecule has 0 radical (unpaired) electrons. The molecule has 0 aliphatic carbocycles. The second-order valence-electron chi connectivity index (χ2n) is 6.09. The predicted molar refractivity (Wildman–Crippen MR) is 107 cm³/mol. The van der Waals surface area contributed by atoms with Crippen molar-refractivity contribution in [3.8, 4) is 17.1 Å². The average Bonchev–Trinajstić information content (AvgIpc) is 3.18. The first kappa shape index (κ1) is 18.3. The fraction of sp³-hybridized carbons (Fsp3) is 0.0952. The number of benzene rings is 2. The van der Waals surface area contributed by atoms with Gasteiger partial charge >= 0.3 is 0 Å². The summed E-state index contributed by atoms with van der Waals surface area (Å²) in [5, 5.41) is 19.7. The zero-order valence-corrected chi connectivity index (χ0v) is 15.6. The predicted octanol–water partition coefficient (Wildman–Crippen LogP) is 4.29. The van der Waals surface area contributed by atoms with Gasteiger partial charge < -0.3 is 5.11 Å². The molecule has 28 heavy (non-hydrogen) atoms. The molecule has 140 valence electrons. The van der Waals surface area contributed by atoms with Crippen molar-refractivity contribution in [1.82, 2.24) is 19.7 Å². The Morgan fingerprint density at radius 3 is 2.36 bits per heavy atom. The Morgan fingerprint density at radius 1 is 0.929 bits per heavy atom. The molecular weight excluding hydrogens is 375 g/mol. The minimum absolute atomic E-state index is 0.309. The quantitative estimate of drug-likeness (QED) is 0.496. The molecule has 4 aromatic rings. The molecule has 2 aromatic carbocycles. The van der Waals surface area contributed by atoms with Crippen molar-refractivity contribution in [2.24, 2.45) is 0 Å². The van der Waals surface area contributed by atoms with Gasteiger partial charge in [-0.1, -0.05) is 42.1 Å². The van der Waals surface area contributed by atoms with Gasteiger partial charge in [0.1, 0.15) is 5.82 Å². The van der Waals surface area contributed by atoms with E-state index in [-0.39, 0.29) is 5.82 Å². The molecule has 4 rings (SSSR count). The van der Waals surface area contributed by atoms with E-state index in [2.05, 4.69) is 15.2 Å². The van der Waals surface area contributed by atoms with Crippen molar-refractivity contribution in [1.29, 1.82) is 0 Å². The Kier molecular flexibility index (Phi) is 5.45. The lowest BCUT2D eigenvalue weighted by Crippen LogP contribution is -2.04. The fourth-order valence-electron chi connectivity index (χ4n) is 2.80. The molecule has 0 aliphatic rings. The van der Waals surface area contributed by atoms with Crippen LogP contribution < -0.4 is 0 Å². The second kappa shape index (κ2) is 8.33. The summed E-state index contributed by atoms with van der Waals surface area (Å²) in [4.78, 5) is 4.04. The van der Waals surface area contributed by atoms with Gasteiger partial charge in [-0.05, 0) is 42.0 Å². The van der Waals surface area contributed by atoms with Crippen LogP contribution in [0.1, 0.15) is 11.7 Å². The van der Waals surface area contributed by atoms with Gasteiger partial charge in [-0.2, -0.15) is 0 Å². The molecule has 2 heterocycles. The molecule has 0 aliphatic heterocycles. The van der Waals surface area contributed by atoms with Crippen LogP contribution in [0.3, 0.4) is 0 Å². The van der Waals surface area contributed by atoms with Crippen molar-refractivity contribution in [3.63, 3.8) is 0 Å². The highest BCUT2D eigenvalue weighted by Gasteiger charge is 2.18. The molecule has 2 aromatic heterocycles. The minimum atomic E-state index is -0.631. The number of halogens is 1. The van der Waals surface area contributed by atoms with Crippen LogP contribution in [0.15, 0.2) is 84.3 Å². The second-order valence-corrected chi connectivity index (χ2v) is 7.08. The van der Waals surface area contributed by atoms with Gasteiger partial charge in [0.2, 0.25) is 0 Å². The van der Waals surface area contributed by atoms with Crippen molar-refractivity contribution in [2.75, 3.05) is 5.75 Å². The van der Waals surface area contributed by atoms with Gasteiger partial charge in [0.15, 0.2) is 11.0 Å². The Balaban J connectivity index is 1.67. The third kappa shape index (κ3) is 3.95. The summed E-state index contributed by atoms with van der Waals surface area (Å²) in [6.45, 7) is 0. The van der Waals surface area contributed by atoms with Gasteiger partial charge in [-0.25, -0.2) is 4.39 Å². The van der Waals surface area contributed by atoms with Crippen molar-refractivity contribution in [2.45, 2.75) is 11.3 Å². The number of hydrogen-bond acceptors (Lipinski definition) is 5. The van der Waals surface area contributed by atoms with Gasteiger partial charge in [0, 0.05) is 29.4 Å². The van der Waals surface area contributed by atoms with Gasteiger partial charge in [-0.3, -0.25) is 9.55 Å². The number of pyridine rings is 1. The molecule has 0 saturated heterocycles. The van der Waals surface area contributed by atoms with E-state index < -0.39 is 6.10 Å². The zero-order chi connectivity index (χ0) is 19.3. The van der Waals surface area contributed by atoms with E-state index in [4.69, 9.17) is 0 Å². The Labute approximate surface area is 165 Å². The topological polar surface area (TPSA) is 63.8 Å². The smallest absolute Gasteiger partial charge is 0.196 e. The van der Waals surface area contributed by atoms with Crippen molar-refractivity contribution in [3.05, 3.63) is 90.5 Å². The lowest BCUT2D eigenvalue weighted by atomic mass is 10.1. The number of aromatic nitrogens is 4. The maximum Gasteiger partial charge on any atom is 0.196 e.